The lowest BCUT2D eigenvalue weighted by atomic mass is 9.95. The van der Waals surface area contributed by atoms with Crippen LogP contribution in [0.1, 0.15) is 53.4 Å². The van der Waals surface area contributed by atoms with Crippen LogP contribution >= 0.6 is 11.3 Å². The highest BCUT2D eigenvalue weighted by Crippen LogP contribution is 2.38. The smallest absolute Gasteiger partial charge is 0.341 e. The van der Waals surface area contributed by atoms with Gasteiger partial charge in [0.15, 0.2) is 0 Å². The normalized spacial score (nSPS) is 21.2. The van der Waals surface area contributed by atoms with E-state index in [0.29, 0.717) is 23.0 Å². The molecular formula is C18H26N2O3S. The molecule has 3 rings (SSSR count). The Kier molecular flexibility index (Phi) is 5.56. The van der Waals surface area contributed by atoms with Crippen LogP contribution in [0.4, 0.5) is 5.00 Å². The number of carbonyl (C=O) groups is 2. The fraction of sp³-hybridized carbons (Fsp3) is 0.667. The van der Waals surface area contributed by atoms with E-state index in [4.69, 9.17) is 4.74 Å². The number of amides is 1. The van der Waals surface area contributed by atoms with Gasteiger partial charge in [0.2, 0.25) is 5.91 Å². The second-order valence-corrected chi connectivity index (χ2v) is 8.04. The van der Waals surface area contributed by atoms with Crippen LogP contribution < -0.4 is 5.32 Å². The molecule has 0 unspecified atom stereocenters. The van der Waals surface area contributed by atoms with E-state index >= 15 is 0 Å². The number of aryl methyl sites for hydroxylation is 1. The summed E-state index contributed by atoms with van der Waals surface area (Å²) in [5.74, 6) is 0.273. The molecule has 0 aromatic carbocycles. The first-order valence-corrected chi connectivity index (χ1v) is 9.65. The maximum absolute atomic E-state index is 12.5. The second-order valence-electron chi connectivity index (χ2n) is 6.94. The maximum atomic E-state index is 12.5. The largest absolute Gasteiger partial charge is 0.465 e. The number of methoxy groups -OCH3 is 1. The number of rotatable bonds is 4. The van der Waals surface area contributed by atoms with Crippen molar-refractivity contribution in [2.75, 3.05) is 32.1 Å². The molecule has 2 heterocycles. The lowest BCUT2D eigenvalue weighted by molar-refractivity contribution is -0.117. The van der Waals surface area contributed by atoms with Crippen molar-refractivity contribution in [3.05, 3.63) is 16.0 Å². The van der Waals surface area contributed by atoms with Crippen molar-refractivity contribution in [2.45, 2.75) is 45.4 Å². The summed E-state index contributed by atoms with van der Waals surface area (Å²) in [5.41, 5.74) is 1.66. The molecule has 0 radical (unpaired) electrons. The number of anilines is 1. The monoisotopic (exact) mass is 350 g/mol. The van der Waals surface area contributed by atoms with Gasteiger partial charge in [0.05, 0.1) is 19.2 Å². The van der Waals surface area contributed by atoms with Gasteiger partial charge in [-0.3, -0.25) is 9.69 Å². The van der Waals surface area contributed by atoms with E-state index in [2.05, 4.69) is 17.1 Å². The van der Waals surface area contributed by atoms with E-state index < -0.39 is 0 Å². The maximum Gasteiger partial charge on any atom is 0.341 e. The predicted octanol–water partition coefficient (Wildman–Crippen LogP) is 3.08. The first-order valence-electron chi connectivity index (χ1n) is 8.83. The fourth-order valence-corrected chi connectivity index (χ4v) is 5.07. The van der Waals surface area contributed by atoms with Gasteiger partial charge < -0.3 is 10.1 Å². The Morgan fingerprint density at radius 3 is 2.83 bits per heavy atom. The zero-order valence-corrected chi connectivity index (χ0v) is 15.3. The van der Waals surface area contributed by atoms with Crippen molar-refractivity contribution in [3.8, 4) is 0 Å². The van der Waals surface area contributed by atoms with Gasteiger partial charge in [-0.15, -0.1) is 11.3 Å². The molecule has 1 aliphatic heterocycles. The molecule has 5 nitrogen and oxygen atoms in total. The Morgan fingerprint density at radius 2 is 2.08 bits per heavy atom. The van der Waals surface area contributed by atoms with Crippen molar-refractivity contribution in [1.29, 1.82) is 0 Å². The van der Waals surface area contributed by atoms with Gasteiger partial charge in [-0.2, -0.15) is 0 Å². The number of likely N-dealkylation sites (tertiary alicyclic amines) is 1. The van der Waals surface area contributed by atoms with E-state index in [0.717, 1.165) is 50.8 Å². The Morgan fingerprint density at radius 1 is 1.29 bits per heavy atom. The van der Waals surface area contributed by atoms with Crippen LogP contribution in [-0.2, 0) is 22.4 Å². The molecule has 1 aliphatic carbocycles. The highest BCUT2D eigenvalue weighted by molar-refractivity contribution is 7.17. The van der Waals surface area contributed by atoms with Gasteiger partial charge in [-0.1, -0.05) is 6.92 Å². The number of thiophene rings is 1. The minimum Gasteiger partial charge on any atom is -0.465 e. The van der Waals surface area contributed by atoms with Gasteiger partial charge in [0, 0.05) is 11.4 Å². The Bertz CT molecular complexity index is 626. The summed E-state index contributed by atoms with van der Waals surface area (Å²) in [7, 11) is 1.40. The van der Waals surface area contributed by atoms with Crippen LogP contribution in [-0.4, -0.2) is 43.5 Å². The lowest BCUT2D eigenvalue weighted by Gasteiger charge is -2.30. The Hall–Kier alpha value is -1.40. The molecule has 24 heavy (non-hydrogen) atoms. The van der Waals surface area contributed by atoms with Crippen molar-refractivity contribution < 1.29 is 14.3 Å². The molecule has 0 spiro atoms. The summed E-state index contributed by atoms with van der Waals surface area (Å²) in [6, 6.07) is 0. The summed E-state index contributed by atoms with van der Waals surface area (Å²) in [6.45, 7) is 4.57. The summed E-state index contributed by atoms with van der Waals surface area (Å²) < 4.78 is 4.95. The third-order valence-corrected chi connectivity index (χ3v) is 6.13. The quantitative estimate of drug-likeness (QED) is 0.848. The molecule has 1 aromatic rings. The summed E-state index contributed by atoms with van der Waals surface area (Å²) in [6.07, 6.45) is 6.51. The lowest BCUT2D eigenvalue weighted by Crippen LogP contribution is -2.39. The summed E-state index contributed by atoms with van der Waals surface area (Å²) >= 11 is 1.55. The molecule has 1 N–H and O–H groups in total. The number of carbonyl (C=O) groups excluding carboxylic acids is 2. The minimum absolute atomic E-state index is 0.0344. The van der Waals surface area contributed by atoms with Gasteiger partial charge in [-0.05, 0) is 56.6 Å². The molecule has 1 saturated heterocycles. The SMILES string of the molecule is COC(=O)c1c(NC(=O)CN2CCC[C@@H](C)C2)sc2c1CCCC2. The van der Waals surface area contributed by atoms with Crippen molar-refractivity contribution >= 4 is 28.2 Å². The Balaban J connectivity index is 1.73. The third-order valence-electron chi connectivity index (χ3n) is 4.92. The molecular weight excluding hydrogens is 324 g/mol. The van der Waals surface area contributed by atoms with Crippen LogP contribution in [0.5, 0.6) is 0 Å². The Labute approximate surface area is 147 Å². The number of nitrogens with zero attached hydrogens (tertiary/aromatic N) is 1. The molecule has 0 saturated carbocycles. The number of piperidine rings is 1. The van der Waals surface area contributed by atoms with Crippen LogP contribution in [0.25, 0.3) is 0 Å². The number of esters is 1. The highest BCUT2D eigenvalue weighted by atomic mass is 32.1. The van der Waals surface area contributed by atoms with E-state index in [1.807, 2.05) is 0 Å². The predicted molar refractivity (Wildman–Crippen MR) is 95.8 cm³/mol. The average Bonchev–Trinajstić information content (AvgIpc) is 2.91. The van der Waals surface area contributed by atoms with Gasteiger partial charge in [0.25, 0.3) is 0 Å². The molecule has 6 heteroatoms. The molecule has 1 atom stereocenters. The fourth-order valence-electron chi connectivity index (χ4n) is 3.77. The van der Waals surface area contributed by atoms with Crippen molar-refractivity contribution in [2.24, 2.45) is 5.92 Å². The van der Waals surface area contributed by atoms with E-state index in [1.165, 1.54) is 18.4 Å². The van der Waals surface area contributed by atoms with Crippen LogP contribution in [0, 0.1) is 5.92 Å². The molecule has 1 aromatic heterocycles. The second kappa shape index (κ2) is 7.66. The number of ether oxygens (including phenoxy) is 1. The number of hydrogen-bond donors (Lipinski definition) is 1. The molecule has 1 fully saturated rings. The average molecular weight is 350 g/mol. The summed E-state index contributed by atoms with van der Waals surface area (Å²) in [5, 5.41) is 3.65. The topological polar surface area (TPSA) is 58.6 Å². The first kappa shape index (κ1) is 17.4. The number of fused-ring (bicyclic) bond motifs is 1. The van der Waals surface area contributed by atoms with Crippen LogP contribution in [0.15, 0.2) is 0 Å². The zero-order chi connectivity index (χ0) is 17.1. The van der Waals surface area contributed by atoms with Crippen molar-refractivity contribution in [1.82, 2.24) is 4.90 Å². The number of hydrogen-bond acceptors (Lipinski definition) is 5. The van der Waals surface area contributed by atoms with E-state index in [1.54, 1.807) is 11.3 Å². The molecule has 132 valence electrons. The standard InChI is InChI=1S/C18H26N2O3S/c1-12-6-5-9-20(10-12)11-15(21)19-17-16(18(22)23-2)13-7-3-4-8-14(13)24-17/h12H,3-11H2,1-2H3,(H,19,21)/t12-/m1/s1. The van der Waals surface area contributed by atoms with E-state index in [9.17, 15) is 9.59 Å². The van der Waals surface area contributed by atoms with Gasteiger partial charge in [0.1, 0.15) is 5.00 Å². The zero-order valence-electron chi connectivity index (χ0n) is 14.5. The molecule has 2 aliphatic rings. The first-order chi connectivity index (χ1) is 11.6. The molecule has 1 amide bonds. The van der Waals surface area contributed by atoms with E-state index in [-0.39, 0.29) is 11.9 Å². The van der Waals surface area contributed by atoms with Gasteiger partial charge >= 0.3 is 5.97 Å². The third kappa shape index (κ3) is 3.81. The molecule has 0 bridgehead atoms. The van der Waals surface area contributed by atoms with Crippen LogP contribution in [0.2, 0.25) is 0 Å². The highest BCUT2D eigenvalue weighted by Gasteiger charge is 2.27. The van der Waals surface area contributed by atoms with Crippen molar-refractivity contribution in [3.63, 3.8) is 0 Å². The number of nitrogens with one attached hydrogen (secondary N) is 1. The minimum atomic E-state index is -0.337. The van der Waals surface area contributed by atoms with Gasteiger partial charge in [-0.25, -0.2) is 4.79 Å². The summed E-state index contributed by atoms with van der Waals surface area (Å²) in [4.78, 5) is 28.1. The van der Waals surface area contributed by atoms with Crippen LogP contribution in [0.3, 0.4) is 0 Å².